The molecule has 0 aliphatic carbocycles. The van der Waals surface area contributed by atoms with Crippen LogP contribution in [0.25, 0.3) is 0 Å². The van der Waals surface area contributed by atoms with Crippen molar-refractivity contribution in [1.29, 1.82) is 0 Å². The predicted octanol–water partition coefficient (Wildman–Crippen LogP) is 2.78. The van der Waals surface area contributed by atoms with Crippen molar-refractivity contribution in [2.75, 3.05) is 18.1 Å². The summed E-state index contributed by atoms with van der Waals surface area (Å²) in [6.45, 7) is 5.29. The van der Waals surface area contributed by atoms with E-state index in [4.69, 9.17) is 0 Å². The Hall–Kier alpha value is -0.0600. The zero-order valence-electron chi connectivity index (χ0n) is 9.38. The molecule has 1 aromatic rings. The molecule has 0 bridgehead atoms. The van der Waals surface area contributed by atoms with Gasteiger partial charge in [-0.05, 0) is 32.1 Å². The lowest BCUT2D eigenvalue weighted by atomic mass is 9.96. The van der Waals surface area contributed by atoms with Crippen LogP contribution in [0, 0.1) is 6.92 Å². The molecule has 0 radical (unpaired) electrons. The number of thiazole rings is 1. The van der Waals surface area contributed by atoms with Gasteiger partial charge < -0.3 is 5.32 Å². The molecule has 1 atom stereocenters. The number of thioether (sulfide) groups is 1. The van der Waals surface area contributed by atoms with Crippen LogP contribution in [0.15, 0.2) is 5.38 Å². The Kier molecular flexibility index (Phi) is 3.69. The minimum absolute atomic E-state index is 0.163. The highest BCUT2D eigenvalue weighted by Gasteiger charge is 2.35. The zero-order valence-corrected chi connectivity index (χ0v) is 11.0. The molecule has 0 amide bonds. The van der Waals surface area contributed by atoms with Gasteiger partial charge in [-0.25, -0.2) is 4.98 Å². The van der Waals surface area contributed by atoms with Crippen LogP contribution in [0.4, 0.5) is 0 Å². The molecule has 1 aliphatic heterocycles. The molecule has 1 unspecified atom stereocenters. The SMILES string of the molecule is CCNC1(c2nc(C)cs2)CCCSC1. The van der Waals surface area contributed by atoms with E-state index in [1.165, 1.54) is 29.4 Å². The number of hydrogen-bond acceptors (Lipinski definition) is 4. The average molecular weight is 242 g/mol. The van der Waals surface area contributed by atoms with Crippen molar-refractivity contribution < 1.29 is 0 Å². The molecule has 1 saturated heterocycles. The Morgan fingerprint density at radius 3 is 3.00 bits per heavy atom. The summed E-state index contributed by atoms with van der Waals surface area (Å²) in [5.74, 6) is 2.48. The van der Waals surface area contributed by atoms with Crippen LogP contribution in [0.3, 0.4) is 0 Å². The minimum Gasteiger partial charge on any atom is -0.305 e. The van der Waals surface area contributed by atoms with Gasteiger partial charge in [0.1, 0.15) is 5.01 Å². The number of rotatable bonds is 3. The van der Waals surface area contributed by atoms with Gasteiger partial charge >= 0.3 is 0 Å². The molecule has 1 aromatic heterocycles. The molecule has 84 valence electrons. The molecule has 2 nitrogen and oxygen atoms in total. The van der Waals surface area contributed by atoms with Crippen molar-refractivity contribution in [2.45, 2.75) is 32.2 Å². The Morgan fingerprint density at radius 1 is 1.60 bits per heavy atom. The smallest absolute Gasteiger partial charge is 0.114 e. The summed E-state index contributed by atoms with van der Waals surface area (Å²) in [5, 5.41) is 7.10. The standard InChI is InChI=1S/C11H18N2S2/c1-3-12-11(5-4-6-14-8-11)10-13-9(2)7-15-10/h7,12H,3-6,8H2,1-2H3. The lowest BCUT2D eigenvalue weighted by Crippen LogP contribution is -2.46. The van der Waals surface area contributed by atoms with Crippen molar-refractivity contribution in [3.63, 3.8) is 0 Å². The largest absolute Gasteiger partial charge is 0.305 e. The lowest BCUT2D eigenvalue weighted by Gasteiger charge is -2.35. The number of aromatic nitrogens is 1. The van der Waals surface area contributed by atoms with E-state index >= 15 is 0 Å². The summed E-state index contributed by atoms with van der Waals surface area (Å²) in [6, 6.07) is 0. The predicted molar refractivity (Wildman–Crippen MR) is 68.8 cm³/mol. The Bertz CT molecular complexity index is 311. The molecular formula is C11H18N2S2. The van der Waals surface area contributed by atoms with Gasteiger partial charge in [-0.3, -0.25) is 0 Å². The number of nitrogens with one attached hydrogen (secondary N) is 1. The first-order valence-electron chi connectivity index (χ1n) is 5.52. The molecule has 2 heterocycles. The molecular weight excluding hydrogens is 224 g/mol. The maximum Gasteiger partial charge on any atom is 0.114 e. The maximum atomic E-state index is 4.67. The second kappa shape index (κ2) is 4.85. The van der Waals surface area contributed by atoms with E-state index in [-0.39, 0.29) is 5.54 Å². The minimum atomic E-state index is 0.163. The van der Waals surface area contributed by atoms with Crippen LogP contribution < -0.4 is 5.32 Å². The van der Waals surface area contributed by atoms with Crippen molar-refractivity contribution in [3.05, 3.63) is 16.1 Å². The zero-order chi connectivity index (χ0) is 10.7. The van der Waals surface area contributed by atoms with Gasteiger partial charge in [-0.2, -0.15) is 11.8 Å². The van der Waals surface area contributed by atoms with E-state index in [1.54, 1.807) is 0 Å². The second-order valence-electron chi connectivity index (χ2n) is 4.06. The van der Waals surface area contributed by atoms with E-state index in [0.29, 0.717) is 0 Å². The van der Waals surface area contributed by atoms with Gasteiger partial charge in [-0.1, -0.05) is 6.92 Å². The maximum absolute atomic E-state index is 4.67. The number of hydrogen-bond donors (Lipinski definition) is 1. The molecule has 0 aromatic carbocycles. The molecule has 0 spiro atoms. The number of nitrogens with zero attached hydrogens (tertiary/aromatic N) is 1. The van der Waals surface area contributed by atoms with Crippen LogP contribution >= 0.6 is 23.1 Å². The topological polar surface area (TPSA) is 24.9 Å². The highest BCUT2D eigenvalue weighted by atomic mass is 32.2. The quantitative estimate of drug-likeness (QED) is 0.882. The molecule has 1 fully saturated rings. The fraction of sp³-hybridized carbons (Fsp3) is 0.727. The average Bonchev–Trinajstić information content (AvgIpc) is 2.67. The van der Waals surface area contributed by atoms with Gasteiger partial charge in [0, 0.05) is 16.8 Å². The molecule has 1 N–H and O–H groups in total. The number of aryl methyl sites for hydroxylation is 1. The van der Waals surface area contributed by atoms with E-state index in [2.05, 4.69) is 41.3 Å². The normalized spacial score (nSPS) is 26.8. The van der Waals surface area contributed by atoms with Gasteiger partial charge in [0.25, 0.3) is 0 Å². The van der Waals surface area contributed by atoms with Crippen LogP contribution in [-0.2, 0) is 5.54 Å². The van der Waals surface area contributed by atoms with Crippen molar-refractivity contribution in [2.24, 2.45) is 0 Å². The fourth-order valence-electron chi connectivity index (χ4n) is 2.09. The Balaban J connectivity index is 2.24. The third kappa shape index (κ3) is 2.37. The van der Waals surface area contributed by atoms with Gasteiger partial charge in [0.2, 0.25) is 0 Å². The molecule has 1 aliphatic rings. The first kappa shape index (κ1) is 11.4. The molecule has 0 saturated carbocycles. The highest BCUT2D eigenvalue weighted by molar-refractivity contribution is 7.99. The third-order valence-corrected chi connectivity index (χ3v) is 5.22. The summed E-state index contributed by atoms with van der Waals surface area (Å²) in [4.78, 5) is 4.67. The van der Waals surface area contributed by atoms with E-state index < -0.39 is 0 Å². The Labute approximate surface area is 99.9 Å². The molecule has 15 heavy (non-hydrogen) atoms. The Morgan fingerprint density at radius 2 is 2.47 bits per heavy atom. The highest BCUT2D eigenvalue weighted by Crippen LogP contribution is 2.36. The van der Waals surface area contributed by atoms with Gasteiger partial charge in [0.15, 0.2) is 0 Å². The monoisotopic (exact) mass is 242 g/mol. The summed E-state index contributed by atoms with van der Waals surface area (Å²) in [6.07, 6.45) is 2.54. The second-order valence-corrected chi connectivity index (χ2v) is 6.03. The summed E-state index contributed by atoms with van der Waals surface area (Å²) in [5.41, 5.74) is 1.32. The van der Waals surface area contributed by atoms with E-state index in [0.717, 1.165) is 12.2 Å². The lowest BCUT2D eigenvalue weighted by molar-refractivity contribution is 0.344. The van der Waals surface area contributed by atoms with Crippen LogP contribution in [0.1, 0.15) is 30.5 Å². The van der Waals surface area contributed by atoms with Crippen LogP contribution in [0.2, 0.25) is 0 Å². The third-order valence-electron chi connectivity index (χ3n) is 2.78. The summed E-state index contributed by atoms with van der Waals surface area (Å²) < 4.78 is 0. The molecule has 4 heteroatoms. The summed E-state index contributed by atoms with van der Waals surface area (Å²) >= 11 is 3.86. The van der Waals surface area contributed by atoms with Gasteiger partial charge in [-0.15, -0.1) is 11.3 Å². The first-order chi connectivity index (χ1) is 7.27. The van der Waals surface area contributed by atoms with Crippen molar-refractivity contribution >= 4 is 23.1 Å². The van der Waals surface area contributed by atoms with E-state index in [9.17, 15) is 0 Å². The van der Waals surface area contributed by atoms with Crippen molar-refractivity contribution in [1.82, 2.24) is 10.3 Å². The van der Waals surface area contributed by atoms with Crippen molar-refractivity contribution in [3.8, 4) is 0 Å². The van der Waals surface area contributed by atoms with Gasteiger partial charge in [0.05, 0.1) is 5.54 Å². The summed E-state index contributed by atoms with van der Waals surface area (Å²) in [7, 11) is 0. The van der Waals surface area contributed by atoms with E-state index in [1.807, 2.05) is 11.3 Å². The first-order valence-corrected chi connectivity index (χ1v) is 7.56. The fourth-order valence-corrected chi connectivity index (χ4v) is 4.41. The van der Waals surface area contributed by atoms with Crippen LogP contribution in [-0.4, -0.2) is 23.0 Å². The van der Waals surface area contributed by atoms with Crippen LogP contribution in [0.5, 0.6) is 0 Å². The molecule has 2 rings (SSSR count).